The topological polar surface area (TPSA) is 73.9 Å². The van der Waals surface area contributed by atoms with Gasteiger partial charge in [0.1, 0.15) is 5.82 Å². The van der Waals surface area contributed by atoms with Crippen molar-refractivity contribution < 1.29 is 18.7 Å². The third-order valence-corrected chi connectivity index (χ3v) is 5.07. The Bertz CT molecular complexity index is 852. The van der Waals surface area contributed by atoms with Crippen LogP contribution in [-0.4, -0.2) is 62.7 Å². The molecule has 0 aromatic heterocycles. The fourth-order valence-corrected chi connectivity index (χ4v) is 3.12. The van der Waals surface area contributed by atoms with Crippen molar-refractivity contribution >= 4 is 28.9 Å². The molecule has 1 heterocycles. The SMILES string of the molecule is C[C@@H](C(=O)Nc1ccc(F)cc1)N(C)CC(=O)Nc1ccc(N2CCOCC2)cc1. The van der Waals surface area contributed by atoms with Crippen LogP contribution >= 0.6 is 0 Å². The van der Waals surface area contributed by atoms with Gasteiger partial charge in [0.25, 0.3) is 0 Å². The number of benzene rings is 2. The van der Waals surface area contributed by atoms with Crippen LogP contribution in [0.15, 0.2) is 48.5 Å². The van der Waals surface area contributed by atoms with Crippen LogP contribution < -0.4 is 15.5 Å². The lowest BCUT2D eigenvalue weighted by Gasteiger charge is -2.29. The van der Waals surface area contributed by atoms with E-state index in [1.165, 1.54) is 24.3 Å². The van der Waals surface area contributed by atoms with Crippen molar-refractivity contribution in [2.45, 2.75) is 13.0 Å². The van der Waals surface area contributed by atoms with Crippen molar-refractivity contribution in [3.63, 3.8) is 0 Å². The molecular formula is C22H27FN4O3. The molecule has 3 rings (SSSR count). The van der Waals surface area contributed by atoms with Gasteiger partial charge in [-0.15, -0.1) is 0 Å². The Morgan fingerprint density at radius 1 is 1.03 bits per heavy atom. The van der Waals surface area contributed by atoms with Gasteiger partial charge >= 0.3 is 0 Å². The summed E-state index contributed by atoms with van der Waals surface area (Å²) in [5.41, 5.74) is 2.31. The molecule has 7 nitrogen and oxygen atoms in total. The number of hydrogen-bond donors (Lipinski definition) is 2. The summed E-state index contributed by atoms with van der Waals surface area (Å²) in [5.74, 6) is -0.849. The molecule has 0 spiro atoms. The molecule has 1 aliphatic rings. The molecule has 1 atom stereocenters. The molecule has 30 heavy (non-hydrogen) atoms. The first-order valence-corrected chi connectivity index (χ1v) is 9.91. The molecule has 2 aromatic carbocycles. The Kier molecular flexibility index (Phi) is 7.37. The molecule has 8 heteroatoms. The molecule has 160 valence electrons. The normalized spacial score (nSPS) is 15.0. The van der Waals surface area contributed by atoms with Gasteiger partial charge in [0.05, 0.1) is 25.8 Å². The van der Waals surface area contributed by atoms with Crippen molar-refractivity contribution in [3.05, 3.63) is 54.3 Å². The maximum Gasteiger partial charge on any atom is 0.241 e. The number of rotatable bonds is 7. The lowest BCUT2D eigenvalue weighted by atomic mass is 10.2. The van der Waals surface area contributed by atoms with Crippen molar-refractivity contribution in [2.75, 3.05) is 55.4 Å². The third-order valence-electron chi connectivity index (χ3n) is 5.07. The number of nitrogens with zero attached hydrogens (tertiary/aromatic N) is 2. The monoisotopic (exact) mass is 414 g/mol. The Labute approximate surface area is 175 Å². The maximum atomic E-state index is 13.0. The molecular weight excluding hydrogens is 387 g/mol. The Morgan fingerprint density at radius 2 is 1.60 bits per heavy atom. The van der Waals surface area contributed by atoms with Crippen LogP contribution in [0.25, 0.3) is 0 Å². The second-order valence-corrected chi connectivity index (χ2v) is 7.28. The first kappa shape index (κ1) is 21.7. The highest BCUT2D eigenvalue weighted by Gasteiger charge is 2.20. The molecule has 2 N–H and O–H groups in total. The van der Waals surface area contributed by atoms with E-state index in [1.54, 1.807) is 18.9 Å². The van der Waals surface area contributed by atoms with E-state index in [2.05, 4.69) is 15.5 Å². The van der Waals surface area contributed by atoms with E-state index in [9.17, 15) is 14.0 Å². The highest BCUT2D eigenvalue weighted by molar-refractivity contribution is 5.96. The lowest BCUT2D eigenvalue weighted by Crippen LogP contribution is -2.43. The number of carbonyl (C=O) groups excluding carboxylic acids is 2. The number of carbonyl (C=O) groups is 2. The van der Waals surface area contributed by atoms with Crippen LogP contribution in [0.2, 0.25) is 0 Å². The summed E-state index contributed by atoms with van der Waals surface area (Å²) >= 11 is 0. The van der Waals surface area contributed by atoms with Gasteiger partial charge in [0.2, 0.25) is 11.8 Å². The lowest BCUT2D eigenvalue weighted by molar-refractivity contribution is -0.122. The van der Waals surface area contributed by atoms with Gasteiger partial charge in [-0.3, -0.25) is 14.5 Å². The minimum atomic E-state index is -0.538. The predicted octanol–water partition coefficient (Wildman–Crippen LogP) is 2.56. The number of ether oxygens (including phenoxy) is 1. The van der Waals surface area contributed by atoms with E-state index in [1.807, 2.05) is 24.3 Å². The van der Waals surface area contributed by atoms with Crippen LogP contribution in [0.4, 0.5) is 21.5 Å². The molecule has 2 amide bonds. The predicted molar refractivity (Wildman–Crippen MR) is 115 cm³/mol. The Hall–Kier alpha value is -2.97. The van der Waals surface area contributed by atoms with Gasteiger partial charge in [-0.1, -0.05) is 0 Å². The van der Waals surface area contributed by atoms with Gasteiger partial charge in [0.15, 0.2) is 0 Å². The van der Waals surface area contributed by atoms with Crippen molar-refractivity contribution in [2.24, 2.45) is 0 Å². The number of halogens is 1. The number of amides is 2. The summed E-state index contributed by atoms with van der Waals surface area (Å²) in [6, 6.07) is 12.7. The van der Waals surface area contributed by atoms with Crippen LogP contribution in [0.1, 0.15) is 6.92 Å². The summed E-state index contributed by atoms with van der Waals surface area (Å²) in [6.45, 7) is 4.92. The van der Waals surface area contributed by atoms with Crippen molar-refractivity contribution in [1.29, 1.82) is 0 Å². The van der Waals surface area contributed by atoms with Crippen LogP contribution in [-0.2, 0) is 14.3 Å². The Morgan fingerprint density at radius 3 is 2.23 bits per heavy atom. The molecule has 0 aliphatic carbocycles. The minimum Gasteiger partial charge on any atom is -0.378 e. The summed E-state index contributed by atoms with van der Waals surface area (Å²) in [6.07, 6.45) is 0. The van der Waals surface area contributed by atoms with Crippen LogP contribution in [0.5, 0.6) is 0 Å². The third kappa shape index (κ3) is 6.01. The molecule has 1 aliphatic heterocycles. The highest BCUT2D eigenvalue weighted by atomic mass is 19.1. The standard InChI is InChI=1S/C22H27FN4O3/c1-16(22(29)25-19-5-3-17(23)4-6-19)26(2)15-21(28)24-18-7-9-20(10-8-18)27-11-13-30-14-12-27/h3-10,16H,11-15H2,1-2H3,(H,24,28)(H,25,29)/t16-/m0/s1. The molecule has 0 unspecified atom stereocenters. The minimum absolute atomic E-state index is 0.0587. The molecule has 1 fully saturated rings. The number of likely N-dealkylation sites (N-methyl/N-ethyl adjacent to an activating group) is 1. The van der Waals surface area contributed by atoms with Gasteiger partial charge in [-0.2, -0.15) is 0 Å². The van der Waals surface area contributed by atoms with E-state index >= 15 is 0 Å². The van der Waals surface area contributed by atoms with E-state index in [0.717, 1.165) is 32.0 Å². The van der Waals surface area contributed by atoms with Crippen molar-refractivity contribution in [1.82, 2.24) is 4.90 Å². The molecule has 1 saturated heterocycles. The summed E-state index contributed by atoms with van der Waals surface area (Å²) in [7, 11) is 1.70. The number of hydrogen-bond acceptors (Lipinski definition) is 5. The van der Waals surface area contributed by atoms with E-state index < -0.39 is 6.04 Å². The van der Waals surface area contributed by atoms with Gasteiger partial charge in [0, 0.05) is 30.2 Å². The number of morpholine rings is 1. The quantitative estimate of drug-likeness (QED) is 0.729. The van der Waals surface area contributed by atoms with E-state index in [-0.39, 0.29) is 24.2 Å². The average molecular weight is 414 g/mol. The zero-order valence-electron chi connectivity index (χ0n) is 17.2. The highest BCUT2D eigenvalue weighted by Crippen LogP contribution is 2.19. The summed E-state index contributed by atoms with van der Waals surface area (Å²) < 4.78 is 18.3. The molecule has 0 radical (unpaired) electrons. The van der Waals surface area contributed by atoms with Crippen LogP contribution in [0.3, 0.4) is 0 Å². The van der Waals surface area contributed by atoms with Gasteiger partial charge in [-0.05, 0) is 62.5 Å². The largest absolute Gasteiger partial charge is 0.378 e. The average Bonchev–Trinajstić information content (AvgIpc) is 2.75. The summed E-state index contributed by atoms with van der Waals surface area (Å²) in [5, 5.41) is 5.57. The first-order chi connectivity index (χ1) is 14.4. The second-order valence-electron chi connectivity index (χ2n) is 7.28. The number of anilines is 3. The van der Waals surface area contributed by atoms with Gasteiger partial charge < -0.3 is 20.3 Å². The van der Waals surface area contributed by atoms with Crippen molar-refractivity contribution in [3.8, 4) is 0 Å². The van der Waals surface area contributed by atoms with E-state index in [4.69, 9.17) is 4.74 Å². The van der Waals surface area contributed by atoms with E-state index in [0.29, 0.717) is 11.4 Å². The Balaban J connectivity index is 1.48. The van der Waals surface area contributed by atoms with Crippen LogP contribution in [0, 0.1) is 5.82 Å². The summed E-state index contributed by atoms with van der Waals surface area (Å²) in [4.78, 5) is 28.6. The molecule has 0 saturated carbocycles. The molecule has 2 aromatic rings. The smallest absolute Gasteiger partial charge is 0.241 e. The first-order valence-electron chi connectivity index (χ1n) is 9.91. The zero-order valence-corrected chi connectivity index (χ0v) is 17.2. The fraction of sp³-hybridized carbons (Fsp3) is 0.364. The zero-order chi connectivity index (χ0) is 21.5. The number of nitrogens with one attached hydrogen (secondary N) is 2. The maximum absolute atomic E-state index is 13.0. The van der Waals surface area contributed by atoms with Gasteiger partial charge in [-0.25, -0.2) is 4.39 Å². The molecule has 0 bridgehead atoms. The fourth-order valence-electron chi connectivity index (χ4n) is 3.12. The second kappa shape index (κ2) is 10.2.